The Labute approximate surface area is 225 Å². The Kier molecular flexibility index (Phi) is 11.9. The van der Waals surface area contributed by atoms with Crippen molar-refractivity contribution in [2.75, 3.05) is 33.5 Å². The highest BCUT2D eigenvalue weighted by Gasteiger charge is 2.39. The summed E-state index contributed by atoms with van der Waals surface area (Å²) in [4.78, 5) is 35.7. The van der Waals surface area contributed by atoms with E-state index in [1.165, 1.54) is 19.2 Å². The third-order valence-electron chi connectivity index (χ3n) is 5.36. The van der Waals surface area contributed by atoms with Gasteiger partial charge in [-0.2, -0.15) is 0 Å². The number of methoxy groups -OCH3 is 1. The van der Waals surface area contributed by atoms with Crippen LogP contribution in [0.5, 0.6) is 0 Å². The average Bonchev–Trinajstić information content (AvgIpc) is 2.89. The Hall–Kier alpha value is -3.73. The maximum Gasteiger partial charge on any atom is 0.336 e. The van der Waals surface area contributed by atoms with Crippen LogP contribution in [0.2, 0.25) is 5.02 Å². The fraction of sp³-hybridized carbons (Fsp3) is 0.296. The summed E-state index contributed by atoms with van der Waals surface area (Å²) in [6.45, 7) is 4.42. The number of nitrogens with two attached hydrogens (primary N) is 1. The van der Waals surface area contributed by atoms with Gasteiger partial charge >= 0.3 is 17.9 Å². The fourth-order valence-corrected chi connectivity index (χ4v) is 3.96. The van der Waals surface area contributed by atoms with Crippen molar-refractivity contribution in [2.24, 2.45) is 5.73 Å². The summed E-state index contributed by atoms with van der Waals surface area (Å²) >= 11 is 6.42. The van der Waals surface area contributed by atoms with E-state index >= 15 is 0 Å². The number of esters is 2. The lowest BCUT2D eigenvalue weighted by molar-refractivity contribution is -0.139. The smallest absolute Gasteiger partial charge is 0.336 e. The minimum atomic E-state index is -1.04. The van der Waals surface area contributed by atoms with Crippen molar-refractivity contribution in [3.63, 3.8) is 0 Å². The number of aromatic carboxylic acids is 1. The quantitative estimate of drug-likeness (QED) is 0.315. The van der Waals surface area contributed by atoms with Gasteiger partial charge in [0, 0.05) is 17.3 Å². The van der Waals surface area contributed by atoms with Crippen LogP contribution in [0.3, 0.4) is 0 Å². The summed E-state index contributed by atoms with van der Waals surface area (Å²) in [7, 11) is 1.29. The molecule has 0 radical (unpaired) electrons. The molecule has 0 spiro atoms. The minimum absolute atomic E-state index is 0.0985. The van der Waals surface area contributed by atoms with E-state index < -0.39 is 29.6 Å². The first-order chi connectivity index (χ1) is 18.2. The Morgan fingerprint density at radius 1 is 1.08 bits per heavy atom. The molecule has 0 bridgehead atoms. The lowest BCUT2D eigenvalue weighted by Crippen LogP contribution is -2.35. The first kappa shape index (κ1) is 30.5. The Morgan fingerprint density at radius 2 is 1.74 bits per heavy atom. The van der Waals surface area contributed by atoms with Crippen LogP contribution in [0.1, 0.15) is 35.7 Å². The van der Waals surface area contributed by atoms with E-state index in [4.69, 9.17) is 36.7 Å². The minimum Gasteiger partial charge on any atom is -0.478 e. The Balaban J connectivity index is 0.000000423. The van der Waals surface area contributed by atoms with E-state index in [0.717, 1.165) is 12.1 Å². The zero-order valence-corrected chi connectivity index (χ0v) is 22.0. The van der Waals surface area contributed by atoms with Gasteiger partial charge in [-0.3, -0.25) is 0 Å². The Bertz CT molecular complexity index is 1210. The molecule has 2 aromatic rings. The van der Waals surface area contributed by atoms with Crippen molar-refractivity contribution in [3.8, 4) is 0 Å². The van der Waals surface area contributed by atoms with Crippen molar-refractivity contribution in [2.45, 2.75) is 19.8 Å². The molecule has 0 amide bonds. The van der Waals surface area contributed by atoms with Gasteiger partial charge in [0.15, 0.2) is 0 Å². The molecule has 0 saturated heterocycles. The lowest BCUT2D eigenvalue weighted by atomic mass is 9.80. The van der Waals surface area contributed by atoms with Crippen LogP contribution >= 0.6 is 11.6 Å². The number of ether oxygens (including phenoxy) is 3. The number of carbonyl (C=O) groups excluding carboxylic acids is 2. The van der Waals surface area contributed by atoms with Gasteiger partial charge in [0.05, 0.1) is 55.3 Å². The molecule has 204 valence electrons. The second-order valence-electron chi connectivity index (χ2n) is 7.88. The SMILES string of the molecule is CCOC(=O)C1=C(COCCN)NC(C)=C(C(=O)OC)C1c1ccccc1Cl.O=C(O)c1ccc(F)cc1. The predicted octanol–water partition coefficient (Wildman–Crippen LogP) is 3.79. The van der Waals surface area contributed by atoms with Crippen LogP contribution < -0.4 is 11.1 Å². The summed E-state index contributed by atoms with van der Waals surface area (Å²) in [5.74, 6) is -3.33. The molecular weight excluding hydrogens is 519 g/mol. The van der Waals surface area contributed by atoms with E-state index in [9.17, 15) is 18.8 Å². The van der Waals surface area contributed by atoms with Crippen molar-refractivity contribution < 1.29 is 38.1 Å². The highest BCUT2D eigenvalue weighted by atomic mass is 35.5. The Morgan fingerprint density at radius 3 is 2.29 bits per heavy atom. The third kappa shape index (κ3) is 7.88. The molecule has 0 saturated carbocycles. The topological polar surface area (TPSA) is 137 Å². The highest BCUT2D eigenvalue weighted by Crippen LogP contribution is 2.41. The molecule has 3 rings (SSSR count). The summed E-state index contributed by atoms with van der Waals surface area (Å²) in [5, 5.41) is 11.9. The first-order valence-corrected chi connectivity index (χ1v) is 12.0. The van der Waals surface area contributed by atoms with Crippen LogP contribution in [0.25, 0.3) is 0 Å². The van der Waals surface area contributed by atoms with Gasteiger partial charge in [-0.1, -0.05) is 29.8 Å². The fourth-order valence-electron chi connectivity index (χ4n) is 3.71. The zero-order valence-electron chi connectivity index (χ0n) is 21.3. The largest absolute Gasteiger partial charge is 0.478 e. The molecule has 1 aliphatic heterocycles. The van der Waals surface area contributed by atoms with E-state index in [1.54, 1.807) is 38.1 Å². The van der Waals surface area contributed by atoms with Gasteiger partial charge in [0.25, 0.3) is 0 Å². The number of rotatable bonds is 9. The maximum atomic E-state index is 12.9. The van der Waals surface area contributed by atoms with E-state index in [2.05, 4.69) is 5.32 Å². The predicted molar refractivity (Wildman–Crippen MR) is 139 cm³/mol. The highest BCUT2D eigenvalue weighted by molar-refractivity contribution is 6.31. The number of carboxylic acid groups (broad SMARTS) is 1. The van der Waals surface area contributed by atoms with Crippen molar-refractivity contribution in [1.82, 2.24) is 5.32 Å². The number of hydrogen-bond acceptors (Lipinski definition) is 8. The van der Waals surface area contributed by atoms with Gasteiger partial charge in [0.1, 0.15) is 5.82 Å². The van der Waals surface area contributed by atoms with Crippen LogP contribution in [-0.2, 0) is 23.8 Å². The molecule has 38 heavy (non-hydrogen) atoms. The lowest BCUT2D eigenvalue weighted by Gasteiger charge is -2.31. The van der Waals surface area contributed by atoms with Gasteiger partial charge in [-0.25, -0.2) is 18.8 Å². The van der Waals surface area contributed by atoms with Gasteiger partial charge in [-0.05, 0) is 49.7 Å². The molecule has 1 aliphatic rings. The second kappa shape index (κ2) is 14.9. The number of halogens is 2. The molecule has 1 atom stereocenters. The van der Waals surface area contributed by atoms with Crippen LogP contribution in [0.4, 0.5) is 4.39 Å². The number of benzene rings is 2. The van der Waals surface area contributed by atoms with Crippen LogP contribution in [0, 0.1) is 5.82 Å². The van der Waals surface area contributed by atoms with E-state index in [0.29, 0.717) is 40.7 Å². The molecule has 11 heteroatoms. The summed E-state index contributed by atoms with van der Waals surface area (Å²) in [6.07, 6.45) is 0. The number of nitrogens with one attached hydrogen (secondary N) is 1. The number of carboxylic acids is 1. The summed E-state index contributed by atoms with van der Waals surface area (Å²) in [6, 6.07) is 11.7. The molecule has 0 aromatic heterocycles. The molecule has 1 unspecified atom stereocenters. The number of dihydropyridines is 1. The summed E-state index contributed by atoms with van der Waals surface area (Å²) in [5.41, 5.74) is 7.80. The van der Waals surface area contributed by atoms with Crippen molar-refractivity contribution in [1.29, 1.82) is 0 Å². The van der Waals surface area contributed by atoms with E-state index in [-0.39, 0.29) is 24.4 Å². The normalized spacial score (nSPS) is 14.7. The van der Waals surface area contributed by atoms with E-state index in [1.807, 2.05) is 0 Å². The number of hydrogen-bond donors (Lipinski definition) is 3. The summed E-state index contributed by atoms with van der Waals surface area (Å²) < 4.78 is 27.9. The number of carbonyl (C=O) groups is 3. The van der Waals surface area contributed by atoms with Crippen molar-refractivity contribution >= 4 is 29.5 Å². The molecule has 0 aliphatic carbocycles. The molecule has 4 N–H and O–H groups in total. The third-order valence-corrected chi connectivity index (χ3v) is 5.71. The van der Waals surface area contributed by atoms with Gasteiger partial charge in [0.2, 0.25) is 0 Å². The van der Waals surface area contributed by atoms with Crippen LogP contribution in [0.15, 0.2) is 71.1 Å². The molecule has 1 heterocycles. The molecular formula is C27H30ClFN2O7. The zero-order chi connectivity index (χ0) is 28.2. The van der Waals surface area contributed by atoms with Crippen LogP contribution in [-0.4, -0.2) is 56.5 Å². The monoisotopic (exact) mass is 548 g/mol. The molecule has 2 aromatic carbocycles. The maximum absolute atomic E-state index is 12.9. The van der Waals surface area contributed by atoms with Gasteiger partial charge in [-0.15, -0.1) is 0 Å². The van der Waals surface area contributed by atoms with Crippen molar-refractivity contribution in [3.05, 3.63) is 93.0 Å². The molecule has 9 nitrogen and oxygen atoms in total. The standard InChI is InChI=1S/C20H25ClN2O5.C7H5FO2/c1-4-28-20(25)18-15(11-27-10-9-22)23-12(2)16(19(24)26-3)17(18)13-7-5-6-8-14(13)21;8-6-3-1-5(2-4-6)7(9)10/h5-8,17,23H,4,9-11,22H2,1-3H3;1-4H,(H,9,10). The number of allylic oxidation sites excluding steroid dienone is 1. The first-order valence-electron chi connectivity index (χ1n) is 11.6. The molecule has 0 fully saturated rings. The second-order valence-corrected chi connectivity index (χ2v) is 8.28. The average molecular weight is 549 g/mol. The van der Waals surface area contributed by atoms with Gasteiger partial charge < -0.3 is 30.4 Å².